The Kier molecular flexibility index (Phi) is 5.23. The zero-order valence-electron chi connectivity index (χ0n) is 14.7. The third-order valence-corrected chi connectivity index (χ3v) is 3.67. The maximum Gasteiger partial charge on any atom is 0.435 e. The molecule has 0 aliphatic rings. The van der Waals surface area contributed by atoms with Gasteiger partial charge in [-0.15, -0.1) is 5.11 Å². The second-order valence-corrected chi connectivity index (χ2v) is 5.97. The van der Waals surface area contributed by atoms with Crippen molar-refractivity contribution in [3.05, 3.63) is 70.4 Å². The predicted octanol–water partition coefficient (Wildman–Crippen LogP) is 5.38. The Morgan fingerprint density at radius 1 is 0.966 bits per heavy atom. The lowest BCUT2D eigenvalue weighted by atomic mass is 10.2. The number of hydrogen-bond donors (Lipinski definition) is 1. The molecule has 6 nitrogen and oxygen atoms in total. The maximum atomic E-state index is 13.4. The molecule has 2 aromatic heterocycles. The molecule has 0 radical (unpaired) electrons. The first kappa shape index (κ1) is 20.2. The molecule has 0 bridgehead atoms. The van der Waals surface area contributed by atoms with Crippen molar-refractivity contribution >= 4 is 11.4 Å². The van der Waals surface area contributed by atoms with Gasteiger partial charge in [-0.05, 0) is 24.3 Å². The van der Waals surface area contributed by atoms with Crippen LogP contribution in [0.3, 0.4) is 0 Å². The number of rotatable bonds is 4. The molecule has 0 unspecified atom stereocenters. The minimum atomic E-state index is -5.00. The van der Waals surface area contributed by atoms with Crippen LogP contribution in [0, 0.1) is 0 Å². The largest absolute Gasteiger partial charge is 0.435 e. The average Bonchev–Trinajstić information content (AvgIpc) is 2.66. The first-order valence-corrected chi connectivity index (χ1v) is 8.09. The quantitative estimate of drug-likeness (QED) is 0.464. The van der Waals surface area contributed by atoms with Gasteiger partial charge in [-0.1, -0.05) is 18.2 Å². The van der Waals surface area contributed by atoms with Crippen LogP contribution in [0.25, 0.3) is 11.4 Å². The molecule has 1 N–H and O–H groups in total. The van der Waals surface area contributed by atoms with E-state index in [1.165, 1.54) is 12.1 Å². The SMILES string of the molecule is CC(F)(F)c1ccc(-c2nc(C(F)(F)F)c(N=Nc3ccccc3)c(=O)[nH]2)cn1. The number of benzene rings is 1. The number of alkyl halides is 5. The van der Waals surface area contributed by atoms with Gasteiger partial charge in [0.2, 0.25) is 0 Å². The van der Waals surface area contributed by atoms with Crippen molar-refractivity contribution in [3.63, 3.8) is 0 Å². The summed E-state index contributed by atoms with van der Waals surface area (Å²) < 4.78 is 66.8. The van der Waals surface area contributed by atoms with Gasteiger partial charge in [0.25, 0.3) is 11.5 Å². The van der Waals surface area contributed by atoms with Gasteiger partial charge in [-0.25, -0.2) is 4.98 Å². The Balaban J connectivity index is 2.07. The summed E-state index contributed by atoms with van der Waals surface area (Å²) in [4.78, 5) is 21.3. The number of pyridine rings is 1. The van der Waals surface area contributed by atoms with E-state index >= 15 is 0 Å². The van der Waals surface area contributed by atoms with E-state index in [4.69, 9.17) is 0 Å². The van der Waals surface area contributed by atoms with Crippen molar-refractivity contribution in [2.24, 2.45) is 10.2 Å². The number of azo groups is 1. The minimum Gasteiger partial charge on any atom is -0.305 e. The molecule has 0 aliphatic heterocycles. The van der Waals surface area contributed by atoms with Crippen molar-refractivity contribution in [1.82, 2.24) is 15.0 Å². The lowest BCUT2D eigenvalue weighted by molar-refractivity contribution is -0.140. The van der Waals surface area contributed by atoms with Crippen molar-refractivity contribution < 1.29 is 22.0 Å². The molecule has 11 heteroatoms. The zero-order chi connectivity index (χ0) is 21.2. The van der Waals surface area contributed by atoms with Crippen LogP contribution in [0.15, 0.2) is 63.7 Å². The average molecular weight is 409 g/mol. The molecule has 1 aromatic carbocycles. The molecule has 0 amide bonds. The third-order valence-electron chi connectivity index (χ3n) is 3.67. The fraction of sp³-hybridized carbons (Fsp3) is 0.167. The standard InChI is InChI=1S/C18H12F5N5O/c1-17(19,20)12-8-7-10(9-24-12)15-25-14(18(21,22)23)13(16(29)26-15)28-27-11-5-3-2-4-6-11/h2-9H,1H3,(H,25,26,29). The number of nitrogens with one attached hydrogen (secondary N) is 1. The van der Waals surface area contributed by atoms with E-state index in [0.717, 1.165) is 18.3 Å². The van der Waals surface area contributed by atoms with Crippen LogP contribution in [-0.4, -0.2) is 15.0 Å². The van der Waals surface area contributed by atoms with E-state index in [2.05, 4.69) is 25.2 Å². The summed E-state index contributed by atoms with van der Waals surface area (Å²) >= 11 is 0. The van der Waals surface area contributed by atoms with Gasteiger partial charge in [0.1, 0.15) is 11.5 Å². The molecule has 29 heavy (non-hydrogen) atoms. The maximum absolute atomic E-state index is 13.4. The normalized spacial score (nSPS) is 12.5. The summed E-state index contributed by atoms with van der Waals surface area (Å²) in [6.07, 6.45) is -4.10. The van der Waals surface area contributed by atoms with Crippen LogP contribution in [0.5, 0.6) is 0 Å². The van der Waals surface area contributed by atoms with Crippen LogP contribution < -0.4 is 5.56 Å². The lowest BCUT2D eigenvalue weighted by Gasteiger charge is -2.11. The second kappa shape index (κ2) is 7.49. The second-order valence-electron chi connectivity index (χ2n) is 5.97. The van der Waals surface area contributed by atoms with Gasteiger partial charge in [-0.2, -0.15) is 27.1 Å². The minimum absolute atomic E-state index is 0.0767. The highest BCUT2D eigenvalue weighted by Crippen LogP contribution is 2.34. The zero-order valence-corrected chi connectivity index (χ0v) is 14.7. The lowest BCUT2D eigenvalue weighted by Crippen LogP contribution is -2.18. The Bertz CT molecular complexity index is 1090. The van der Waals surface area contributed by atoms with E-state index < -0.39 is 40.6 Å². The summed E-state index contributed by atoms with van der Waals surface area (Å²) in [6, 6.07) is 9.88. The van der Waals surface area contributed by atoms with E-state index in [-0.39, 0.29) is 11.3 Å². The first-order chi connectivity index (χ1) is 13.6. The van der Waals surface area contributed by atoms with Gasteiger partial charge in [0, 0.05) is 18.7 Å². The van der Waals surface area contributed by atoms with Gasteiger partial charge < -0.3 is 4.98 Å². The van der Waals surface area contributed by atoms with E-state index in [9.17, 15) is 26.7 Å². The first-order valence-electron chi connectivity index (χ1n) is 8.09. The molecule has 0 atom stereocenters. The summed E-state index contributed by atoms with van der Waals surface area (Å²) in [5.41, 5.74) is -4.17. The number of H-pyrrole nitrogens is 1. The van der Waals surface area contributed by atoms with Crippen molar-refractivity contribution in [3.8, 4) is 11.4 Å². The molecule has 0 aliphatic carbocycles. The number of aromatic amines is 1. The number of halogens is 5. The summed E-state index contributed by atoms with van der Waals surface area (Å²) in [5.74, 6) is -3.71. The van der Waals surface area contributed by atoms with Crippen LogP contribution in [0.4, 0.5) is 33.3 Å². The molecule has 150 valence electrons. The van der Waals surface area contributed by atoms with Crippen LogP contribution >= 0.6 is 0 Å². The van der Waals surface area contributed by atoms with Crippen molar-refractivity contribution in [2.45, 2.75) is 19.0 Å². The molecule has 3 aromatic rings. The summed E-state index contributed by atoms with van der Waals surface area (Å²) in [6.45, 7) is 0.628. The monoisotopic (exact) mass is 409 g/mol. The Morgan fingerprint density at radius 3 is 2.21 bits per heavy atom. The Hall–Kier alpha value is -3.50. The van der Waals surface area contributed by atoms with Gasteiger partial charge in [0.15, 0.2) is 11.4 Å². The summed E-state index contributed by atoms with van der Waals surface area (Å²) in [7, 11) is 0. The van der Waals surface area contributed by atoms with Crippen LogP contribution in [-0.2, 0) is 12.1 Å². The van der Waals surface area contributed by atoms with Crippen molar-refractivity contribution in [1.29, 1.82) is 0 Å². The molecule has 0 fully saturated rings. The molecule has 0 saturated heterocycles. The topological polar surface area (TPSA) is 83.4 Å². The summed E-state index contributed by atoms with van der Waals surface area (Å²) in [5, 5.41) is 7.03. The fourth-order valence-electron chi connectivity index (χ4n) is 2.29. The smallest absolute Gasteiger partial charge is 0.305 e. The third kappa shape index (κ3) is 4.68. The molecular weight excluding hydrogens is 397 g/mol. The highest BCUT2D eigenvalue weighted by Gasteiger charge is 2.38. The van der Waals surface area contributed by atoms with Gasteiger partial charge in [-0.3, -0.25) is 9.78 Å². The van der Waals surface area contributed by atoms with E-state index in [0.29, 0.717) is 6.92 Å². The molecule has 2 heterocycles. The van der Waals surface area contributed by atoms with Crippen LogP contribution in [0.2, 0.25) is 0 Å². The van der Waals surface area contributed by atoms with E-state index in [1.807, 2.05) is 0 Å². The molecule has 0 spiro atoms. The molecule has 0 saturated carbocycles. The number of aromatic nitrogens is 3. The van der Waals surface area contributed by atoms with Gasteiger partial charge in [0.05, 0.1) is 5.69 Å². The number of hydrogen-bond acceptors (Lipinski definition) is 5. The van der Waals surface area contributed by atoms with Gasteiger partial charge >= 0.3 is 6.18 Å². The predicted molar refractivity (Wildman–Crippen MR) is 93.3 cm³/mol. The Morgan fingerprint density at radius 2 is 1.66 bits per heavy atom. The Labute approximate surface area is 160 Å². The molecular formula is C18H12F5N5O. The highest BCUT2D eigenvalue weighted by molar-refractivity contribution is 5.56. The number of nitrogens with zero attached hydrogens (tertiary/aromatic N) is 4. The highest BCUT2D eigenvalue weighted by atomic mass is 19.4. The molecule has 3 rings (SSSR count). The van der Waals surface area contributed by atoms with E-state index in [1.54, 1.807) is 18.2 Å². The van der Waals surface area contributed by atoms with Crippen LogP contribution in [0.1, 0.15) is 18.3 Å². The fourth-order valence-corrected chi connectivity index (χ4v) is 2.29. The van der Waals surface area contributed by atoms with Crippen molar-refractivity contribution in [2.75, 3.05) is 0 Å².